The fourth-order valence-corrected chi connectivity index (χ4v) is 3.78. The highest BCUT2D eigenvalue weighted by Crippen LogP contribution is 2.27. The molecule has 23 heavy (non-hydrogen) atoms. The van der Waals surface area contributed by atoms with Crippen molar-refractivity contribution in [1.82, 2.24) is 9.38 Å². The van der Waals surface area contributed by atoms with Crippen LogP contribution < -0.4 is 5.32 Å². The molecule has 114 valence electrons. The average molecular weight is 343 g/mol. The largest absolute Gasteiger partial charge is 0.321 e. The molecule has 0 radical (unpaired) electrons. The zero-order chi connectivity index (χ0) is 15.8. The van der Waals surface area contributed by atoms with Crippen molar-refractivity contribution < 1.29 is 9.18 Å². The van der Waals surface area contributed by atoms with Crippen molar-refractivity contribution in [3.63, 3.8) is 0 Å². The summed E-state index contributed by atoms with van der Waals surface area (Å²) in [6.07, 6.45) is 1.85. The number of rotatable bonds is 3. The van der Waals surface area contributed by atoms with E-state index in [2.05, 4.69) is 10.3 Å². The van der Waals surface area contributed by atoms with Crippen LogP contribution in [0.4, 0.5) is 10.1 Å². The number of hydrogen-bond donors (Lipinski definition) is 1. The minimum Gasteiger partial charge on any atom is -0.321 e. The number of nitrogens with one attached hydrogen (secondary N) is 1. The molecule has 3 heterocycles. The van der Waals surface area contributed by atoms with E-state index in [0.29, 0.717) is 11.4 Å². The highest BCUT2D eigenvalue weighted by Gasteiger charge is 2.15. The number of carbonyl (C=O) groups excluding carboxylic acids is 1. The molecule has 1 amide bonds. The number of halogens is 1. The molecule has 1 N–H and O–H groups in total. The van der Waals surface area contributed by atoms with Gasteiger partial charge < -0.3 is 5.32 Å². The first-order chi connectivity index (χ1) is 11.2. The Hall–Kier alpha value is -2.51. The number of nitrogens with zero attached hydrogens (tertiary/aromatic N) is 2. The second kappa shape index (κ2) is 5.60. The predicted molar refractivity (Wildman–Crippen MR) is 90.7 cm³/mol. The molecule has 0 unspecified atom stereocenters. The monoisotopic (exact) mass is 343 g/mol. The first-order valence-corrected chi connectivity index (χ1v) is 8.54. The molecule has 0 saturated heterocycles. The van der Waals surface area contributed by atoms with Crippen molar-refractivity contribution in [2.24, 2.45) is 0 Å². The van der Waals surface area contributed by atoms with Crippen LogP contribution in [0.5, 0.6) is 0 Å². The number of fused-ring (bicyclic) bond motifs is 1. The molecule has 0 saturated carbocycles. The molecule has 3 aromatic heterocycles. The van der Waals surface area contributed by atoms with E-state index in [4.69, 9.17) is 0 Å². The van der Waals surface area contributed by atoms with E-state index in [0.717, 1.165) is 15.5 Å². The Bertz CT molecular complexity index is 988. The smallest absolute Gasteiger partial charge is 0.273 e. The Labute approximate surface area is 138 Å². The number of thiophene rings is 1. The van der Waals surface area contributed by atoms with Gasteiger partial charge in [0.2, 0.25) is 0 Å². The van der Waals surface area contributed by atoms with E-state index in [1.54, 1.807) is 33.3 Å². The molecule has 4 nitrogen and oxygen atoms in total. The van der Waals surface area contributed by atoms with E-state index in [1.165, 1.54) is 23.5 Å². The Balaban J connectivity index is 1.67. The van der Waals surface area contributed by atoms with Gasteiger partial charge in [-0.25, -0.2) is 9.37 Å². The van der Waals surface area contributed by atoms with Gasteiger partial charge in [0.05, 0.1) is 4.88 Å². The van der Waals surface area contributed by atoms with Crippen LogP contribution in [0, 0.1) is 5.82 Å². The quantitative estimate of drug-likeness (QED) is 0.595. The number of imidazole rings is 1. The maximum atomic E-state index is 13.2. The molecule has 0 atom stereocenters. The summed E-state index contributed by atoms with van der Waals surface area (Å²) in [5.41, 5.74) is 1.74. The van der Waals surface area contributed by atoms with E-state index in [-0.39, 0.29) is 11.7 Å². The van der Waals surface area contributed by atoms with Gasteiger partial charge in [-0.3, -0.25) is 9.20 Å². The standard InChI is InChI=1S/C16H10FN3OS2/c17-10-3-1-4-11(7-10)18-15(21)13-9-23-16-19-12(8-20(13)16)14-5-2-6-22-14/h1-9H,(H,18,21). The van der Waals surface area contributed by atoms with E-state index < -0.39 is 0 Å². The number of benzene rings is 1. The Morgan fingerprint density at radius 2 is 2.13 bits per heavy atom. The van der Waals surface area contributed by atoms with E-state index in [9.17, 15) is 9.18 Å². The zero-order valence-corrected chi connectivity index (χ0v) is 13.3. The zero-order valence-electron chi connectivity index (χ0n) is 11.7. The van der Waals surface area contributed by atoms with Gasteiger partial charge in [0.15, 0.2) is 4.96 Å². The molecule has 4 aromatic rings. The van der Waals surface area contributed by atoms with Crippen LogP contribution in [0.3, 0.4) is 0 Å². The number of carbonyl (C=O) groups is 1. The third kappa shape index (κ3) is 2.64. The van der Waals surface area contributed by atoms with Crippen LogP contribution in [0.1, 0.15) is 10.5 Å². The van der Waals surface area contributed by atoms with Crippen LogP contribution in [0.25, 0.3) is 15.5 Å². The van der Waals surface area contributed by atoms with E-state index >= 15 is 0 Å². The summed E-state index contributed by atoms with van der Waals surface area (Å²) in [5.74, 6) is -0.683. The fourth-order valence-electron chi connectivity index (χ4n) is 2.25. The lowest BCUT2D eigenvalue weighted by molar-refractivity contribution is 0.102. The Morgan fingerprint density at radius 1 is 1.22 bits per heavy atom. The van der Waals surface area contributed by atoms with Crippen molar-refractivity contribution >= 4 is 39.2 Å². The summed E-state index contributed by atoms with van der Waals surface area (Å²) in [7, 11) is 0. The highest BCUT2D eigenvalue weighted by molar-refractivity contribution is 7.15. The summed E-state index contributed by atoms with van der Waals surface area (Å²) in [6.45, 7) is 0. The number of hydrogen-bond acceptors (Lipinski definition) is 4. The predicted octanol–water partition coefficient (Wildman–Crippen LogP) is 4.52. The fraction of sp³-hybridized carbons (Fsp3) is 0. The molecular weight excluding hydrogens is 333 g/mol. The van der Waals surface area contributed by atoms with Crippen LogP contribution in [0.2, 0.25) is 0 Å². The first-order valence-electron chi connectivity index (χ1n) is 6.78. The molecule has 4 rings (SSSR count). The number of anilines is 1. The second-order valence-corrected chi connectivity index (χ2v) is 6.63. The molecule has 7 heteroatoms. The van der Waals surface area contributed by atoms with Crippen LogP contribution in [-0.4, -0.2) is 15.3 Å². The third-order valence-corrected chi connectivity index (χ3v) is 5.03. The Morgan fingerprint density at radius 3 is 2.91 bits per heavy atom. The van der Waals surface area contributed by atoms with Crippen molar-refractivity contribution in [1.29, 1.82) is 0 Å². The van der Waals surface area contributed by atoms with Gasteiger partial charge in [-0.15, -0.1) is 22.7 Å². The molecule has 0 aliphatic heterocycles. The highest BCUT2D eigenvalue weighted by atomic mass is 32.1. The van der Waals surface area contributed by atoms with Crippen molar-refractivity contribution in [2.75, 3.05) is 5.32 Å². The van der Waals surface area contributed by atoms with Crippen LogP contribution in [-0.2, 0) is 0 Å². The topological polar surface area (TPSA) is 46.4 Å². The summed E-state index contributed by atoms with van der Waals surface area (Å²) in [4.78, 5) is 18.8. The maximum absolute atomic E-state index is 13.2. The molecule has 0 spiro atoms. The normalized spacial score (nSPS) is 11.0. The molecule has 0 aliphatic rings. The van der Waals surface area contributed by atoms with Crippen LogP contribution >= 0.6 is 22.7 Å². The summed E-state index contributed by atoms with van der Waals surface area (Å²) >= 11 is 3.00. The average Bonchev–Trinajstić information content (AvgIpc) is 3.23. The summed E-state index contributed by atoms with van der Waals surface area (Å²) in [5, 5.41) is 6.43. The summed E-state index contributed by atoms with van der Waals surface area (Å²) < 4.78 is 15.0. The van der Waals surface area contributed by atoms with Crippen molar-refractivity contribution in [3.8, 4) is 10.6 Å². The third-order valence-electron chi connectivity index (χ3n) is 3.30. The second-order valence-electron chi connectivity index (χ2n) is 4.84. The maximum Gasteiger partial charge on any atom is 0.273 e. The molecular formula is C16H10FN3OS2. The number of aromatic nitrogens is 2. The van der Waals surface area contributed by atoms with Gasteiger partial charge in [0, 0.05) is 17.3 Å². The molecule has 0 fully saturated rings. The number of amides is 1. The summed E-state index contributed by atoms with van der Waals surface area (Å²) in [6, 6.07) is 9.78. The lowest BCUT2D eigenvalue weighted by atomic mass is 10.3. The van der Waals surface area contributed by atoms with Crippen LogP contribution in [0.15, 0.2) is 53.4 Å². The lowest BCUT2D eigenvalue weighted by Crippen LogP contribution is -2.13. The molecule has 0 bridgehead atoms. The van der Waals surface area contributed by atoms with Gasteiger partial charge in [0.1, 0.15) is 17.2 Å². The van der Waals surface area contributed by atoms with Crippen molar-refractivity contribution in [2.45, 2.75) is 0 Å². The van der Waals surface area contributed by atoms with E-state index in [1.807, 2.05) is 23.7 Å². The van der Waals surface area contributed by atoms with Crippen molar-refractivity contribution in [3.05, 3.63) is 64.9 Å². The lowest BCUT2D eigenvalue weighted by Gasteiger charge is -2.04. The minimum atomic E-state index is -0.388. The van der Waals surface area contributed by atoms with Gasteiger partial charge in [-0.05, 0) is 29.6 Å². The first kappa shape index (κ1) is 14.1. The minimum absolute atomic E-state index is 0.294. The van der Waals surface area contributed by atoms with Gasteiger partial charge >= 0.3 is 0 Å². The molecule has 0 aliphatic carbocycles. The Kier molecular flexibility index (Phi) is 3.44. The SMILES string of the molecule is O=C(Nc1cccc(F)c1)c1csc2nc(-c3cccs3)cn12. The molecule has 1 aromatic carbocycles. The van der Waals surface area contributed by atoms with Gasteiger partial charge in [-0.1, -0.05) is 12.1 Å². The van der Waals surface area contributed by atoms with Gasteiger partial charge in [0.25, 0.3) is 5.91 Å². The number of thiazole rings is 1. The van der Waals surface area contributed by atoms with Gasteiger partial charge in [-0.2, -0.15) is 0 Å².